The van der Waals surface area contributed by atoms with Gasteiger partial charge in [0.15, 0.2) is 0 Å². The molecule has 0 amide bonds. The van der Waals surface area contributed by atoms with Gasteiger partial charge in [0.1, 0.15) is 0 Å². The monoisotopic (exact) mass is 158 g/mol. The van der Waals surface area contributed by atoms with E-state index in [2.05, 4.69) is 17.1 Å². The molecule has 3 heteroatoms. The summed E-state index contributed by atoms with van der Waals surface area (Å²) >= 11 is 0. The van der Waals surface area contributed by atoms with Crippen molar-refractivity contribution < 1.29 is 5.11 Å². The average Bonchev–Trinajstić information content (AvgIpc) is 2.52. The molecule has 1 heterocycles. The van der Waals surface area contributed by atoms with Gasteiger partial charge >= 0.3 is 0 Å². The van der Waals surface area contributed by atoms with E-state index in [4.69, 9.17) is 5.11 Å². The fourth-order valence-electron chi connectivity index (χ4n) is 1.68. The first-order chi connectivity index (χ1) is 5.38. The third-order valence-electron chi connectivity index (χ3n) is 2.34. The Morgan fingerprint density at radius 3 is 2.91 bits per heavy atom. The van der Waals surface area contributed by atoms with E-state index in [-0.39, 0.29) is 6.61 Å². The predicted octanol–water partition coefficient (Wildman–Crippen LogP) is -0.338. The van der Waals surface area contributed by atoms with Gasteiger partial charge in [-0.15, -0.1) is 0 Å². The van der Waals surface area contributed by atoms with Crippen molar-refractivity contribution in [3.05, 3.63) is 0 Å². The molecule has 0 spiro atoms. The van der Waals surface area contributed by atoms with Gasteiger partial charge in [0.05, 0.1) is 6.61 Å². The third-order valence-corrected chi connectivity index (χ3v) is 2.34. The maximum absolute atomic E-state index is 8.77. The smallest absolute Gasteiger partial charge is 0.0558 e. The van der Waals surface area contributed by atoms with Crippen LogP contribution < -0.4 is 5.32 Å². The van der Waals surface area contributed by atoms with Crippen LogP contribution in [-0.2, 0) is 0 Å². The molecule has 1 fully saturated rings. The molecular formula is C8H18N2O. The van der Waals surface area contributed by atoms with E-state index in [9.17, 15) is 0 Å². The predicted molar refractivity (Wildman–Crippen MR) is 45.6 cm³/mol. The van der Waals surface area contributed by atoms with Crippen LogP contribution in [0.2, 0.25) is 0 Å². The number of likely N-dealkylation sites (N-methyl/N-ethyl adjacent to an activating group) is 1. The van der Waals surface area contributed by atoms with Crippen LogP contribution in [0.15, 0.2) is 0 Å². The second kappa shape index (κ2) is 4.70. The minimum atomic E-state index is 0.282. The number of nitrogens with one attached hydrogen (secondary N) is 1. The lowest BCUT2D eigenvalue weighted by Crippen LogP contribution is -2.38. The molecule has 0 bridgehead atoms. The first-order valence-corrected chi connectivity index (χ1v) is 4.44. The molecule has 0 aromatic carbocycles. The zero-order chi connectivity index (χ0) is 8.10. The lowest BCUT2D eigenvalue weighted by molar-refractivity contribution is 0.164. The highest BCUT2D eigenvalue weighted by molar-refractivity contribution is 4.79. The van der Waals surface area contributed by atoms with Crippen LogP contribution in [0.5, 0.6) is 0 Å². The Labute approximate surface area is 68.4 Å². The van der Waals surface area contributed by atoms with Crippen LogP contribution in [0.3, 0.4) is 0 Å². The summed E-state index contributed by atoms with van der Waals surface area (Å²) in [6, 6.07) is 0.659. The van der Waals surface area contributed by atoms with Crippen molar-refractivity contribution in [3.63, 3.8) is 0 Å². The maximum Gasteiger partial charge on any atom is 0.0558 e. The van der Waals surface area contributed by atoms with Crippen molar-refractivity contribution >= 4 is 0 Å². The molecule has 2 N–H and O–H groups in total. The van der Waals surface area contributed by atoms with E-state index < -0.39 is 0 Å². The molecule has 1 saturated heterocycles. The summed E-state index contributed by atoms with van der Waals surface area (Å²) in [7, 11) is 0. The van der Waals surface area contributed by atoms with E-state index in [0.717, 1.165) is 26.2 Å². The fraction of sp³-hybridized carbons (Fsp3) is 1.00. The lowest BCUT2D eigenvalue weighted by Gasteiger charge is -2.25. The number of hydrogen-bond donors (Lipinski definition) is 2. The van der Waals surface area contributed by atoms with Crippen LogP contribution in [0.1, 0.15) is 13.3 Å². The molecule has 0 aromatic rings. The summed E-state index contributed by atoms with van der Waals surface area (Å²) in [6.45, 7) is 6.52. The summed E-state index contributed by atoms with van der Waals surface area (Å²) in [5.41, 5.74) is 0. The van der Waals surface area contributed by atoms with Crippen molar-refractivity contribution in [1.82, 2.24) is 10.2 Å². The molecule has 1 aliphatic rings. The van der Waals surface area contributed by atoms with Gasteiger partial charge in [-0.1, -0.05) is 6.92 Å². The third kappa shape index (κ3) is 2.43. The fourth-order valence-corrected chi connectivity index (χ4v) is 1.68. The molecule has 0 saturated carbocycles. The first kappa shape index (κ1) is 8.97. The Morgan fingerprint density at radius 2 is 2.45 bits per heavy atom. The number of aliphatic hydroxyl groups excluding tert-OH is 1. The SMILES string of the molecule is CCN(CCO)C1CCNC1. The minimum absolute atomic E-state index is 0.282. The minimum Gasteiger partial charge on any atom is -0.395 e. The Hall–Kier alpha value is -0.120. The van der Waals surface area contributed by atoms with Gasteiger partial charge in [-0.2, -0.15) is 0 Å². The van der Waals surface area contributed by atoms with Crippen LogP contribution >= 0.6 is 0 Å². The number of rotatable bonds is 4. The highest BCUT2D eigenvalue weighted by Crippen LogP contribution is 2.06. The molecule has 1 atom stereocenters. The van der Waals surface area contributed by atoms with Gasteiger partial charge in [0.25, 0.3) is 0 Å². The summed E-state index contributed by atoms with van der Waals surface area (Å²) < 4.78 is 0. The molecule has 1 unspecified atom stereocenters. The van der Waals surface area contributed by atoms with Crippen molar-refractivity contribution in [3.8, 4) is 0 Å². The van der Waals surface area contributed by atoms with E-state index in [1.54, 1.807) is 0 Å². The Balaban J connectivity index is 2.27. The molecule has 3 nitrogen and oxygen atoms in total. The number of aliphatic hydroxyl groups is 1. The topological polar surface area (TPSA) is 35.5 Å². The molecular weight excluding hydrogens is 140 g/mol. The van der Waals surface area contributed by atoms with Crippen molar-refractivity contribution in [2.45, 2.75) is 19.4 Å². The second-order valence-electron chi connectivity index (χ2n) is 3.00. The van der Waals surface area contributed by atoms with E-state index in [1.165, 1.54) is 6.42 Å². The molecule has 0 aliphatic carbocycles. The van der Waals surface area contributed by atoms with Gasteiger partial charge in [0.2, 0.25) is 0 Å². The average molecular weight is 158 g/mol. The Bertz CT molecular complexity index is 102. The number of hydrogen-bond acceptors (Lipinski definition) is 3. The van der Waals surface area contributed by atoms with Crippen molar-refractivity contribution in [2.24, 2.45) is 0 Å². The zero-order valence-electron chi connectivity index (χ0n) is 7.21. The number of nitrogens with zero attached hydrogens (tertiary/aromatic N) is 1. The summed E-state index contributed by atoms with van der Waals surface area (Å²) in [4.78, 5) is 2.33. The zero-order valence-corrected chi connectivity index (χ0v) is 7.21. The van der Waals surface area contributed by atoms with Crippen molar-refractivity contribution in [1.29, 1.82) is 0 Å². The second-order valence-corrected chi connectivity index (χ2v) is 3.00. The standard InChI is InChI=1S/C8H18N2O/c1-2-10(5-6-11)8-3-4-9-7-8/h8-9,11H,2-7H2,1H3. The van der Waals surface area contributed by atoms with Crippen LogP contribution in [0, 0.1) is 0 Å². The quantitative estimate of drug-likeness (QED) is 0.587. The van der Waals surface area contributed by atoms with Gasteiger partial charge in [-0.05, 0) is 19.5 Å². The van der Waals surface area contributed by atoms with Crippen LogP contribution in [0.4, 0.5) is 0 Å². The van der Waals surface area contributed by atoms with E-state index in [0.29, 0.717) is 6.04 Å². The molecule has 66 valence electrons. The van der Waals surface area contributed by atoms with Gasteiger partial charge in [0, 0.05) is 19.1 Å². The summed E-state index contributed by atoms with van der Waals surface area (Å²) in [5, 5.41) is 12.1. The molecule has 1 rings (SSSR count). The Kier molecular flexibility index (Phi) is 3.83. The van der Waals surface area contributed by atoms with Gasteiger partial charge in [-0.25, -0.2) is 0 Å². The normalized spacial score (nSPS) is 24.8. The summed E-state index contributed by atoms with van der Waals surface area (Å²) in [6.07, 6.45) is 1.23. The highest BCUT2D eigenvalue weighted by Gasteiger charge is 2.19. The summed E-state index contributed by atoms with van der Waals surface area (Å²) in [5.74, 6) is 0. The maximum atomic E-state index is 8.77. The highest BCUT2D eigenvalue weighted by atomic mass is 16.3. The lowest BCUT2D eigenvalue weighted by atomic mass is 10.2. The first-order valence-electron chi connectivity index (χ1n) is 4.44. The molecule has 0 aromatic heterocycles. The van der Waals surface area contributed by atoms with E-state index >= 15 is 0 Å². The van der Waals surface area contributed by atoms with Gasteiger partial charge in [-0.3, -0.25) is 4.90 Å². The van der Waals surface area contributed by atoms with Crippen LogP contribution in [-0.4, -0.2) is 48.8 Å². The molecule has 11 heavy (non-hydrogen) atoms. The van der Waals surface area contributed by atoms with Gasteiger partial charge < -0.3 is 10.4 Å². The van der Waals surface area contributed by atoms with E-state index in [1.807, 2.05) is 0 Å². The van der Waals surface area contributed by atoms with Crippen LogP contribution in [0.25, 0.3) is 0 Å². The Morgan fingerprint density at radius 1 is 1.64 bits per heavy atom. The largest absolute Gasteiger partial charge is 0.395 e. The van der Waals surface area contributed by atoms with Crippen molar-refractivity contribution in [2.75, 3.05) is 32.8 Å². The molecule has 0 radical (unpaired) electrons. The molecule has 1 aliphatic heterocycles.